The van der Waals surface area contributed by atoms with Gasteiger partial charge in [0, 0.05) is 0 Å². The van der Waals surface area contributed by atoms with Crippen LogP contribution in [0.25, 0.3) is 0 Å². The molecule has 1 aliphatic rings. The molecule has 0 amide bonds. The third-order valence-electron chi connectivity index (χ3n) is 4.04. The van der Waals surface area contributed by atoms with E-state index in [1.54, 1.807) is 0 Å². The summed E-state index contributed by atoms with van der Waals surface area (Å²) in [6, 6.07) is 3.83. The second kappa shape index (κ2) is 6.48. The second-order valence-electron chi connectivity index (χ2n) is 6.66. The van der Waals surface area contributed by atoms with Crippen molar-refractivity contribution in [2.75, 3.05) is 24.6 Å². The predicted molar refractivity (Wildman–Crippen MR) is 85.9 cm³/mol. The Morgan fingerprint density at radius 2 is 2.00 bits per heavy atom. The summed E-state index contributed by atoms with van der Waals surface area (Å²) in [7, 11) is 0. The van der Waals surface area contributed by atoms with E-state index in [4.69, 9.17) is 0 Å². The van der Waals surface area contributed by atoms with Gasteiger partial charge >= 0.3 is 129 Å². The zero-order chi connectivity index (χ0) is 15.6. The molecule has 0 atom stereocenters. The minimum atomic E-state index is -2.54. The van der Waals surface area contributed by atoms with Crippen LogP contribution in [0.2, 0.25) is 14.8 Å². The van der Waals surface area contributed by atoms with Crippen molar-refractivity contribution >= 4 is 33.6 Å². The molecule has 0 unspecified atom stereocenters. The Kier molecular flexibility index (Phi) is 5.08. The van der Waals surface area contributed by atoms with Crippen LogP contribution in [-0.4, -0.2) is 53.1 Å². The Hall–Kier alpha value is -0.891. The summed E-state index contributed by atoms with van der Waals surface area (Å²) >= 11 is -2.54. The average molecular weight is 400 g/mol. The van der Waals surface area contributed by atoms with Gasteiger partial charge in [0.1, 0.15) is 0 Å². The molecule has 0 bridgehead atoms. The fourth-order valence-electron chi connectivity index (χ4n) is 2.68. The van der Waals surface area contributed by atoms with Gasteiger partial charge in [-0.15, -0.1) is 0 Å². The molecule has 0 aliphatic carbocycles. The van der Waals surface area contributed by atoms with Gasteiger partial charge in [0.15, 0.2) is 0 Å². The van der Waals surface area contributed by atoms with Gasteiger partial charge in [0.05, 0.1) is 0 Å². The fourth-order valence-corrected chi connectivity index (χ4v) is 6.68. The molecule has 0 saturated carbocycles. The summed E-state index contributed by atoms with van der Waals surface area (Å²) in [5, 5.41) is 20.5. The van der Waals surface area contributed by atoms with Gasteiger partial charge in [-0.1, -0.05) is 0 Å². The van der Waals surface area contributed by atoms with E-state index in [0.717, 1.165) is 29.5 Å². The van der Waals surface area contributed by atoms with Crippen molar-refractivity contribution in [1.82, 2.24) is 4.98 Å². The summed E-state index contributed by atoms with van der Waals surface area (Å²) in [5.74, 6) is 1.08. The number of piperidine rings is 1. The van der Waals surface area contributed by atoms with Gasteiger partial charge in [0.25, 0.3) is 0 Å². The third kappa shape index (κ3) is 3.85. The quantitative estimate of drug-likeness (QED) is 0.474. The standard InChI is InChI=1S/C11H14N3O3.3CH3.Sn/c15-8-9-4-6-13(7-5-9)10-2-1-3-11(12-10)14(16)17;;;;/h1-2,9,15H,4-8H2;3*1H3;. The minimum absolute atomic E-state index is 0.0417. The number of aliphatic hydroxyl groups is 1. The summed E-state index contributed by atoms with van der Waals surface area (Å²) in [4.78, 5) is 23.9. The molecule has 0 aromatic carbocycles. The van der Waals surface area contributed by atoms with Crippen molar-refractivity contribution in [2.45, 2.75) is 27.7 Å². The summed E-state index contributed by atoms with van der Waals surface area (Å²) in [5.41, 5.74) is 0. The molecule has 1 saturated heterocycles. The second-order valence-corrected chi connectivity index (χ2v) is 21.0. The van der Waals surface area contributed by atoms with E-state index in [-0.39, 0.29) is 17.3 Å². The van der Waals surface area contributed by atoms with Gasteiger partial charge in [0.2, 0.25) is 0 Å². The molecule has 2 rings (SSSR count). The first kappa shape index (κ1) is 16.5. The van der Waals surface area contributed by atoms with Crippen molar-refractivity contribution in [3.63, 3.8) is 0 Å². The van der Waals surface area contributed by atoms with E-state index < -0.39 is 18.4 Å². The predicted octanol–water partition coefficient (Wildman–Crippen LogP) is 1.74. The monoisotopic (exact) mass is 401 g/mol. The van der Waals surface area contributed by atoms with E-state index in [2.05, 4.69) is 24.7 Å². The number of hydrogen-bond acceptors (Lipinski definition) is 5. The van der Waals surface area contributed by atoms with Crippen molar-refractivity contribution in [1.29, 1.82) is 0 Å². The molecule has 1 fully saturated rings. The van der Waals surface area contributed by atoms with Gasteiger partial charge in [-0.25, -0.2) is 0 Å². The molecule has 7 heteroatoms. The van der Waals surface area contributed by atoms with E-state index in [1.807, 2.05) is 12.1 Å². The first-order valence-corrected chi connectivity index (χ1v) is 17.3. The first-order chi connectivity index (χ1) is 9.82. The summed E-state index contributed by atoms with van der Waals surface area (Å²) in [6.07, 6.45) is 1.82. The normalized spacial score (nSPS) is 17.0. The van der Waals surface area contributed by atoms with Crippen LogP contribution in [0.4, 0.5) is 11.6 Å². The number of pyridine rings is 1. The van der Waals surface area contributed by atoms with Crippen LogP contribution in [-0.2, 0) is 0 Å². The van der Waals surface area contributed by atoms with Gasteiger partial charge in [-0.3, -0.25) is 0 Å². The van der Waals surface area contributed by atoms with Crippen molar-refractivity contribution < 1.29 is 10.0 Å². The van der Waals surface area contributed by atoms with Gasteiger partial charge in [-0.05, 0) is 0 Å². The molecule has 21 heavy (non-hydrogen) atoms. The summed E-state index contributed by atoms with van der Waals surface area (Å²) in [6.45, 7) is 1.82. The molecule has 1 aromatic heterocycles. The third-order valence-corrected chi connectivity index (χ3v) is 9.76. The fraction of sp³-hybridized carbons (Fsp3) is 0.643. The molecule has 1 N–H and O–H groups in total. The number of hydrogen-bond donors (Lipinski definition) is 1. The van der Waals surface area contributed by atoms with Gasteiger partial charge < -0.3 is 0 Å². The maximum atomic E-state index is 11.3. The Morgan fingerprint density at radius 3 is 2.48 bits per heavy atom. The van der Waals surface area contributed by atoms with E-state index >= 15 is 0 Å². The summed E-state index contributed by atoms with van der Waals surface area (Å²) < 4.78 is 0.864. The Bertz CT molecular complexity index is 523. The van der Waals surface area contributed by atoms with E-state index in [9.17, 15) is 15.2 Å². The van der Waals surface area contributed by atoms with Crippen LogP contribution in [0.15, 0.2) is 12.1 Å². The number of nitro groups is 1. The molecule has 1 aromatic rings. The number of rotatable bonds is 4. The molecular weight excluding hydrogens is 377 g/mol. The number of aliphatic hydroxyl groups excluding tert-OH is 1. The van der Waals surface area contributed by atoms with E-state index in [1.165, 1.54) is 0 Å². The first-order valence-electron chi connectivity index (χ1n) is 7.34. The molecular formula is C14H23N3O3Sn. The van der Waals surface area contributed by atoms with Crippen LogP contribution in [0.5, 0.6) is 0 Å². The molecule has 116 valence electrons. The molecule has 0 spiro atoms. The topological polar surface area (TPSA) is 79.5 Å². The van der Waals surface area contributed by atoms with Crippen LogP contribution in [0.3, 0.4) is 0 Å². The molecule has 1 aliphatic heterocycles. The number of nitrogens with zero attached hydrogens (tertiary/aromatic N) is 3. The van der Waals surface area contributed by atoms with Crippen molar-refractivity contribution in [3.8, 4) is 0 Å². The van der Waals surface area contributed by atoms with E-state index in [0.29, 0.717) is 11.7 Å². The maximum absolute atomic E-state index is 11.3. The van der Waals surface area contributed by atoms with Crippen LogP contribution >= 0.6 is 0 Å². The Morgan fingerprint density at radius 1 is 1.38 bits per heavy atom. The zero-order valence-electron chi connectivity index (χ0n) is 12.9. The van der Waals surface area contributed by atoms with Crippen molar-refractivity contribution in [2.24, 2.45) is 5.92 Å². The van der Waals surface area contributed by atoms with Crippen LogP contribution in [0, 0.1) is 16.0 Å². The van der Waals surface area contributed by atoms with Crippen molar-refractivity contribution in [3.05, 3.63) is 22.2 Å². The molecule has 0 radical (unpaired) electrons. The SMILES string of the molecule is [CH3][Sn]([CH3])([CH3])[c]1ccc(N2CCC(CO)CC2)nc1[N+](=O)[O-]. The van der Waals surface area contributed by atoms with Crippen LogP contribution < -0.4 is 8.48 Å². The number of aromatic nitrogens is 1. The zero-order valence-corrected chi connectivity index (χ0v) is 15.7. The number of anilines is 1. The molecule has 6 nitrogen and oxygen atoms in total. The van der Waals surface area contributed by atoms with Gasteiger partial charge in [-0.2, -0.15) is 0 Å². The Labute approximate surface area is 129 Å². The Balaban J connectivity index is 2.27. The van der Waals surface area contributed by atoms with Crippen LogP contribution in [0.1, 0.15) is 12.8 Å². The molecule has 2 heterocycles. The average Bonchev–Trinajstić information content (AvgIpc) is 2.45.